The Hall–Kier alpha value is -5.34. The Balaban J connectivity index is 3.09. The second-order valence-electron chi connectivity index (χ2n) is 21.2. The predicted molar refractivity (Wildman–Crippen MR) is 251 cm³/mol. The molecule has 1 aliphatic rings. The first kappa shape index (κ1) is 59.7. The number of rotatable bonds is 23. The zero-order chi connectivity index (χ0) is 52.4. The molecule has 0 aromatic heterocycles. The SMILES string of the molecule is CCC(C)C(NC(=O)C(C)(C)NC(=O)C(NC(=O)C(NC(=O)C(C)(C)NC(C)=O)C(C)C)C(C)C)C(=O)NC(C)(C)C(=O)NC(C)(C)C(=O)NC(C)C(=O)NC(C)(C)C(=O)N1CCCC1CO. The zero-order valence-corrected chi connectivity index (χ0v) is 43.1. The third kappa shape index (κ3) is 16.7. The number of likely N-dealkylation sites (tertiary alicyclic amines) is 1. The summed E-state index contributed by atoms with van der Waals surface area (Å²) >= 11 is 0. The van der Waals surface area contributed by atoms with E-state index in [9.17, 15) is 53.1 Å². The molecule has 10 amide bonds. The Bertz CT molecular complexity index is 1860. The van der Waals surface area contributed by atoms with Gasteiger partial charge in [-0.25, -0.2) is 0 Å². The molecule has 1 heterocycles. The lowest BCUT2D eigenvalue weighted by Crippen LogP contribution is -2.67. The van der Waals surface area contributed by atoms with Gasteiger partial charge < -0.3 is 57.9 Å². The maximum absolute atomic E-state index is 13.9. The molecule has 1 aliphatic heterocycles. The molecule has 67 heavy (non-hydrogen) atoms. The fraction of sp³-hybridized carbons (Fsp3) is 0.783. The molecular formula is C46H82N10O11. The van der Waals surface area contributed by atoms with E-state index in [0.29, 0.717) is 19.4 Å². The Morgan fingerprint density at radius 3 is 1.39 bits per heavy atom. The van der Waals surface area contributed by atoms with E-state index >= 15 is 0 Å². The van der Waals surface area contributed by atoms with Gasteiger partial charge in [0.15, 0.2) is 0 Å². The summed E-state index contributed by atoms with van der Waals surface area (Å²) in [4.78, 5) is 135. The maximum Gasteiger partial charge on any atom is 0.248 e. The Morgan fingerprint density at radius 1 is 0.522 bits per heavy atom. The van der Waals surface area contributed by atoms with Crippen LogP contribution in [-0.2, 0) is 47.9 Å². The lowest BCUT2D eigenvalue weighted by molar-refractivity contribution is -0.142. The molecule has 0 aromatic carbocycles. The monoisotopic (exact) mass is 951 g/mol. The van der Waals surface area contributed by atoms with Gasteiger partial charge in [0.1, 0.15) is 51.9 Å². The molecule has 0 aromatic rings. The third-order valence-electron chi connectivity index (χ3n) is 11.9. The van der Waals surface area contributed by atoms with Crippen molar-refractivity contribution >= 4 is 59.1 Å². The number of amides is 10. The summed E-state index contributed by atoms with van der Waals surface area (Å²) in [5, 5.41) is 33.4. The van der Waals surface area contributed by atoms with Crippen LogP contribution in [0.3, 0.4) is 0 Å². The van der Waals surface area contributed by atoms with Crippen molar-refractivity contribution in [3.05, 3.63) is 0 Å². The van der Waals surface area contributed by atoms with Gasteiger partial charge in [-0.2, -0.15) is 0 Å². The molecule has 1 fully saturated rings. The van der Waals surface area contributed by atoms with E-state index in [4.69, 9.17) is 0 Å². The maximum atomic E-state index is 13.9. The summed E-state index contributed by atoms with van der Waals surface area (Å²) in [5.74, 6) is -7.83. The largest absolute Gasteiger partial charge is 0.394 e. The first-order chi connectivity index (χ1) is 30.4. The van der Waals surface area contributed by atoms with Gasteiger partial charge in [-0.05, 0) is 107 Å². The average molecular weight is 951 g/mol. The van der Waals surface area contributed by atoms with Crippen LogP contribution in [0, 0.1) is 17.8 Å². The molecule has 10 N–H and O–H groups in total. The molecule has 0 saturated carbocycles. The lowest BCUT2D eigenvalue weighted by atomic mass is 9.93. The molecule has 382 valence electrons. The summed E-state index contributed by atoms with van der Waals surface area (Å²) < 4.78 is 0. The van der Waals surface area contributed by atoms with Crippen molar-refractivity contribution in [3.8, 4) is 0 Å². The summed E-state index contributed by atoms with van der Waals surface area (Å²) in [6.45, 7) is 27.7. The third-order valence-corrected chi connectivity index (χ3v) is 11.9. The van der Waals surface area contributed by atoms with Gasteiger partial charge in [0.25, 0.3) is 0 Å². The van der Waals surface area contributed by atoms with Crippen molar-refractivity contribution in [2.45, 2.75) is 202 Å². The average Bonchev–Trinajstić information content (AvgIpc) is 3.67. The van der Waals surface area contributed by atoms with Gasteiger partial charge in [0.2, 0.25) is 59.1 Å². The fourth-order valence-corrected chi connectivity index (χ4v) is 7.10. The van der Waals surface area contributed by atoms with Gasteiger partial charge in [0.05, 0.1) is 12.6 Å². The van der Waals surface area contributed by atoms with Crippen molar-refractivity contribution in [3.63, 3.8) is 0 Å². The fourth-order valence-electron chi connectivity index (χ4n) is 7.10. The van der Waals surface area contributed by atoms with Crippen LogP contribution < -0.4 is 47.9 Å². The van der Waals surface area contributed by atoms with Crippen LogP contribution in [-0.4, -0.2) is 140 Å². The Labute approximate surface area is 396 Å². The Morgan fingerprint density at radius 2 is 0.925 bits per heavy atom. The van der Waals surface area contributed by atoms with E-state index < -0.39 is 123 Å². The number of nitrogens with zero attached hydrogens (tertiary/aromatic N) is 1. The summed E-state index contributed by atoms with van der Waals surface area (Å²) in [5.41, 5.74) is -7.59. The zero-order valence-electron chi connectivity index (χ0n) is 43.1. The van der Waals surface area contributed by atoms with Crippen LogP contribution in [0.15, 0.2) is 0 Å². The molecular weight excluding hydrogens is 869 g/mol. The van der Waals surface area contributed by atoms with Crippen molar-refractivity contribution < 1.29 is 53.1 Å². The standard InChI is InChI=1S/C46H82N10O11/c1-19-26(6)32(50-39(65)43(11,12)53-35(61)31(25(4)5)48-34(60)30(24(2)3)49-38(64)42(9,10)51-28(8)58)36(62)54-45(15,16)40(66)55-44(13,14)37(63)47-27(7)33(59)52-46(17,18)41(67)56-22-20-21-29(56)23-57/h24-27,29-32,57H,19-23H2,1-18H3,(H,47,63)(H,48,60)(H,49,64)(H,50,65)(H,51,58)(H,52,59)(H,53,61)(H,54,62)(H,55,66). The topological polar surface area (TPSA) is 302 Å². The molecule has 6 unspecified atom stereocenters. The van der Waals surface area contributed by atoms with Gasteiger partial charge >= 0.3 is 0 Å². The molecule has 1 saturated heterocycles. The van der Waals surface area contributed by atoms with E-state index in [1.807, 2.05) is 0 Å². The molecule has 6 atom stereocenters. The number of hydrogen-bond acceptors (Lipinski definition) is 11. The smallest absolute Gasteiger partial charge is 0.248 e. The van der Waals surface area contributed by atoms with Crippen LogP contribution >= 0.6 is 0 Å². The number of aliphatic hydroxyl groups is 1. The van der Waals surface area contributed by atoms with E-state index in [2.05, 4.69) is 47.9 Å². The van der Waals surface area contributed by atoms with Gasteiger partial charge in [-0.3, -0.25) is 47.9 Å². The number of nitrogens with one attached hydrogen (secondary N) is 9. The Kier molecular flexibility index (Phi) is 21.0. The normalized spacial score (nSPS) is 16.9. The quantitative estimate of drug-likeness (QED) is 0.0639. The van der Waals surface area contributed by atoms with Crippen molar-refractivity contribution in [2.75, 3.05) is 13.2 Å². The van der Waals surface area contributed by atoms with Gasteiger partial charge in [-0.1, -0.05) is 48.0 Å². The second kappa shape index (κ2) is 23.6. The molecule has 1 rings (SSSR count). The van der Waals surface area contributed by atoms with E-state index in [1.165, 1.54) is 88.0 Å². The second-order valence-corrected chi connectivity index (χ2v) is 21.2. The van der Waals surface area contributed by atoms with E-state index in [1.54, 1.807) is 41.5 Å². The lowest BCUT2D eigenvalue weighted by Gasteiger charge is -2.36. The van der Waals surface area contributed by atoms with Gasteiger partial charge in [-0.15, -0.1) is 0 Å². The number of carbonyl (C=O) groups is 10. The highest BCUT2D eigenvalue weighted by atomic mass is 16.3. The van der Waals surface area contributed by atoms with E-state index in [0.717, 1.165) is 6.42 Å². The first-order valence-corrected chi connectivity index (χ1v) is 23.1. The summed E-state index contributed by atoms with van der Waals surface area (Å²) in [6.07, 6.45) is 1.79. The van der Waals surface area contributed by atoms with Crippen molar-refractivity contribution in [1.82, 2.24) is 52.8 Å². The number of hydrogen-bond donors (Lipinski definition) is 10. The molecule has 0 spiro atoms. The highest BCUT2D eigenvalue weighted by molar-refractivity contribution is 6.01. The minimum Gasteiger partial charge on any atom is -0.394 e. The molecule has 21 nitrogen and oxygen atoms in total. The van der Waals surface area contributed by atoms with Crippen LogP contribution in [0.25, 0.3) is 0 Å². The minimum absolute atomic E-state index is 0.197. The molecule has 0 aliphatic carbocycles. The van der Waals surface area contributed by atoms with Crippen molar-refractivity contribution in [1.29, 1.82) is 0 Å². The van der Waals surface area contributed by atoms with Crippen molar-refractivity contribution in [2.24, 2.45) is 17.8 Å². The van der Waals surface area contributed by atoms with Crippen LogP contribution in [0.1, 0.15) is 144 Å². The van der Waals surface area contributed by atoms with Crippen LogP contribution in [0.5, 0.6) is 0 Å². The minimum atomic E-state index is -1.65. The van der Waals surface area contributed by atoms with Gasteiger partial charge in [0, 0.05) is 13.5 Å². The number of carbonyl (C=O) groups excluding carboxylic acids is 10. The summed E-state index contributed by atoms with van der Waals surface area (Å²) in [7, 11) is 0. The highest BCUT2D eigenvalue weighted by Crippen LogP contribution is 2.22. The van der Waals surface area contributed by atoms with Crippen LogP contribution in [0.4, 0.5) is 0 Å². The molecule has 0 radical (unpaired) electrons. The predicted octanol–water partition coefficient (Wildman–Crippen LogP) is -0.219. The molecule has 0 bridgehead atoms. The summed E-state index contributed by atoms with van der Waals surface area (Å²) in [6, 6.07) is -4.93. The number of aliphatic hydroxyl groups excluding tert-OH is 1. The molecule has 21 heteroatoms. The van der Waals surface area contributed by atoms with E-state index in [-0.39, 0.29) is 18.6 Å². The van der Waals surface area contributed by atoms with Crippen LogP contribution in [0.2, 0.25) is 0 Å². The first-order valence-electron chi connectivity index (χ1n) is 23.1. The highest BCUT2D eigenvalue weighted by Gasteiger charge is 2.43.